The van der Waals surface area contributed by atoms with E-state index < -0.39 is 0 Å². The first-order chi connectivity index (χ1) is 14.6. The fraction of sp³-hybridized carbons (Fsp3) is 0.773. The average molecular weight is 433 g/mol. The minimum absolute atomic E-state index is 0.248. The second-order valence-electron chi connectivity index (χ2n) is 9.24. The number of hydrogen-bond acceptors (Lipinski definition) is 6. The summed E-state index contributed by atoms with van der Waals surface area (Å²) in [6, 6.07) is 2.17. The molecule has 3 aliphatic heterocycles. The van der Waals surface area contributed by atoms with E-state index in [1.54, 1.807) is 0 Å². The third-order valence-electron chi connectivity index (χ3n) is 6.53. The number of nitrogens with one attached hydrogen (secondary N) is 2. The van der Waals surface area contributed by atoms with Gasteiger partial charge in [0.15, 0.2) is 5.11 Å². The van der Waals surface area contributed by atoms with Crippen molar-refractivity contribution >= 4 is 34.9 Å². The zero-order valence-corrected chi connectivity index (χ0v) is 19.2. The Kier molecular flexibility index (Phi) is 7.25. The molecule has 3 saturated heterocycles. The van der Waals surface area contributed by atoms with Crippen LogP contribution < -0.4 is 20.4 Å². The molecule has 0 unspecified atom stereocenters. The SMILES string of the molecule is CC1CCN(c2cc(N3CCC[C@@H](C)C3)nc(NC(=S)NC[C@H]3CCCO3)n2)CC1. The van der Waals surface area contributed by atoms with E-state index in [1.165, 1.54) is 25.7 Å². The summed E-state index contributed by atoms with van der Waals surface area (Å²) in [5.41, 5.74) is 0. The van der Waals surface area contributed by atoms with Crippen LogP contribution in [-0.4, -0.2) is 60.5 Å². The summed E-state index contributed by atoms with van der Waals surface area (Å²) in [6.07, 6.45) is 7.40. The highest BCUT2D eigenvalue weighted by Crippen LogP contribution is 2.28. The number of thiocarbonyl (C=S) groups is 1. The second-order valence-corrected chi connectivity index (χ2v) is 9.65. The van der Waals surface area contributed by atoms with Gasteiger partial charge in [-0.05, 0) is 62.6 Å². The number of hydrogen-bond donors (Lipinski definition) is 2. The van der Waals surface area contributed by atoms with Gasteiger partial charge in [0.05, 0.1) is 6.10 Å². The van der Waals surface area contributed by atoms with Gasteiger partial charge in [0.25, 0.3) is 0 Å². The van der Waals surface area contributed by atoms with Gasteiger partial charge in [0.1, 0.15) is 11.6 Å². The standard InChI is InChI=1S/C22H36N6OS/c1-16-7-10-27(11-8-16)19-13-20(28-9-3-5-17(2)15-28)25-21(24-19)26-22(30)23-14-18-6-4-12-29-18/h13,16-18H,3-12,14-15H2,1-2H3,(H2,23,24,25,26,30)/t17-,18-/m1/s1. The number of anilines is 3. The Bertz CT molecular complexity index is 718. The van der Waals surface area contributed by atoms with Gasteiger partial charge in [0.2, 0.25) is 5.95 Å². The van der Waals surface area contributed by atoms with Gasteiger partial charge in [-0.2, -0.15) is 9.97 Å². The molecule has 0 amide bonds. The predicted octanol–water partition coefficient (Wildman–Crippen LogP) is 3.41. The zero-order valence-electron chi connectivity index (χ0n) is 18.4. The maximum atomic E-state index is 5.67. The van der Waals surface area contributed by atoms with E-state index in [-0.39, 0.29) is 6.10 Å². The quantitative estimate of drug-likeness (QED) is 0.686. The lowest BCUT2D eigenvalue weighted by atomic mass is 9.99. The van der Waals surface area contributed by atoms with Gasteiger partial charge in [-0.1, -0.05) is 13.8 Å². The molecule has 2 N–H and O–H groups in total. The number of piperidine rings is 2. The van der Waals surface area contributed by atoms with Crippen LogP contribution in [0.3, 0.4) is 0 Å². The Hall–Kier alpha value is -1.67. The summed E-state index contributed by atoms with van der Waals surface area (Å²) >= 11 is 5.52. The van der Waals surface area contributed by atoms with Crippen LogP contribution in [0, 0.1) is 11.8 Å². The van der Waals surface area contributed by atoms with Crippen molar-refractivity contribution in [2.24, 2.45) is 11.8 Å². The lowest BCUT2D eigenvalue weighted by molar-refractivity contribution is 0.114. The van der Waals surface area contributed by atoms with Crippen LogP contribution in [0.2, 0.25) is 0 Å². The average Bonchev–Trinajstić information content (AvgIpc) is 3.26. The zero-order chi connectivity index (χ0) is 20.9. The molecule has 0 aliphatic carbocycles. The number of aromatic nitrogens is 2. The van der Waals surface area contributed by atoms with E-state index in [1.807, 2.05) is 0 Å². The first kappa shape index (κ1) is 21.6. The third kappa shape index (κ3) is 5.72. The van der Waals surface area contributed by atoms with Gasteiger partial charge in [-0.3, -0.25) is 0 Å². The molecular formula is C22H36N6OS. The second kappa shape index (κ2) is 10.1. The van der Waals surface area contributed by atoms with Crippen molar-refractivity contribution in [3.63, 3.8) is 0 Å². The predicted molar refractivity (Wildman–Crippen MR) is 126 cm³/mol. The van der Waals surface area contributed by atoms with E-state index >= 15 is 0 Å². The molecule has 7 nitrogen and oxygen atoms in total. The Morgan fingerprint density at radius 2 is 1.80 bits per heavy atom. The first-order valence-corrected chi connectivity index (χ1v) is 12.0. The molecule has 0 aromatic carbocycles. The maximum absolute atomic E-state index is 5.67. The van der Waals surface area contributed by atoms with Gasteiger partial charge < -0.3 is 25.2 Å². The number of rotatable bonds is 5. The molecule has 0 radical (unpaired) electrons. The highest BCUT2D eigenvalue weighted by atomic mass is 32.1. The molecule has 0 spiro atoms. The summed E-state index contributed by atoms with van der Waals surface area (Å²) < 4.78 is 5.67. The van der Waals surface area contributed by atoms with Gasteiger partial charge >= 0.3 is 0 Å². The molecule has 30 heavy (non-hydrogen) atoms. The van der Waals surface area contributed by atoms with E-state index in [9.17, 15) is 0 Å². The summed E-state index contributed by atoms with van der Waals surface area (Å²) in [5, 5.41) is 7.07. The molecular weight excluding hydrogens is 396 g/mol. The Balaban J connectivity index is 1.48. The molecule has 0 bridgehead atoms. The monoisotopic (exact) mass is 432 g/mol. The van der Waals surface area contributed by atoms with Gasteiger partial charge in [0, 0.05) is 45.4 Å². The number of ether oxygens (including phenoxy) is 1. The minimum Gasteiger partial charge on any atom is -0.376 e. The normalized spacial score (nSPS) is 25.4. The fourth-order valence-corrected chi connectivity index (χ4v) is 4.77. The molecule has 8 heteroatoms. The lowest BCUT2D eigenvalue weighted by Gasteiger charge is -2.34. The van der Waals surface area contributed by atoms with Crippen LogP contribution in [-0.2, 0) is 4.74 Å². The van der Waals surface area contributed by atoms with Crippen molar-refractivity contribution in [2.75, 3.05) is 54.4 Å². The van der Waals surface area contributed by atoms with E-state index in [0.717, 1.165) is 69.7 Å². The van der Waals surface area contributed by atoms with Crippen LogP contribution in [0.4, 0.5) is 17.6 Å². The van der Waals surface area contributed by atoms with Crippen molar-refractivity contribution in [1.29, 1.82) is 0 Å². The molecule has 1 aromatic heterocycles. The van der Waals surface area contributed by atoms with Crippen molar-refractivity contribution < 1.29 is 4.74 Å². The highest BCUT2D eigenvalue weighted by molar-refractivity contribution is 7.80. The summed E-state index contributed by atoms with van der Waals surface area (Å²) in [6.45, 7) is 10.4. The molecule has 1 aromatic rings. The Morgan fingerprint density at radius 1 is 1.03 bits per heavy atom. The smallest absolute Gasteiger partial charge is 0.232 e. The highest BCUT2D eigenvalue weighted by Gasteiger charge is 2.23. The molecule has 3 fully saturated rings. The van der Waals surface area contributed by atoms with Gasteiger partial charge in [-0.15, -0.1) is 0 Å². The van der Waals surface area contributed by atoms with E-state index in [4.69, 9.17) is 26.9 Å². The largest absolute Gasteiger partial charge is 0.376 e. The molecule has 0 saturated carbocycles. The fourth-order valence-electron chi connectivity index (χ4n) is 4.59. The first-order valence-electron chi connectivity index (χ1n) is 11.6. The molecule has 166 valence electrons. The van der Waals surface area contributed by atoms with Crippen LogP contribution in [0.25, 0.3) is 0 Å². The van der Waals surface area contributed by atoms with Crippen molar-refractivity contribution in [2.45, 2.75) is 58.5 Å². The van der Waals surface area contributed by atoms with E-state index in [2.05, 4.69) is 40.3 Å². The summed E-state index contributed by atoms with van der Waals surface area (Å²) in [5.74, 6) is 4.09. The lowest BCUT2D eigenvalue weighted by Crippen LogP contribution is -2.38. The van der Waals surface area contributed by atoms with Crippen LogP contribution >= 0.6 is 12.2 Å². The van der Waals surface area contributed by atoms with Crippen LogP contribution in [0.15, 0.2) is 6.07 Å². The van der Waals surface area contributed by atoms with Crippen LogP contribution in [0.1, 0.15) is 52.4 Å². The molecule has 4 rings (SSSR count). The Labute approximate surface area is 186 Å². The van der Waals surface area contributed by atoms with Crippen molar-refractivity contribution in [1.82, 2.24) is 15.3 Å². The Morgan fingerprint density at radius 3 is 2.50 bits per heavy atom. The minimum atomic E-state index is 0.248. The summed E-state index contributed by atoms with van der Waals surface area (Å²) in [4.78, 5) is 14.5. The molecule has 4 heterocycles. The van der Waals surface area contributed by atoms with Crippen molar-refractivity contribution in [3.05, 3.63) is 6.07 Å². The maximum Gasteiger partial charge on any atom is 0.232 e. The van der Waals surface area contributed by atoms with Gasteiger partial charge in [-0.25, -0.2) is 0 Å². The molecule has 2 atom stereocenters. The van der Waals surface area contributed by atoms with Crippen LogP contribution in [0.5, 0.6) is 0 Å². The number of nitrogens with zero attached hydrogens (tertiary/aromatic N) is 4. The third-order valence-corrected chi connectivity index (χ3v) is 6.77. The van der Waals surface area contributed by atoms with Crippen molar-refractivity contribution in [3.8, 4) is 0 Å². The molecule has 3 aliphatic rings. The van der Waals surface area contributed by atoms with E-state index in [0.29, 0.717) is 17.0 Å². The summed E-state index contributed by atoms with van der Waals surface area (Å²) in [7, 11) is 0. The topological polar surface area (TPSA) is 65.5 Å².